The smallest absolute Gasteiger partial charge is 0.274 e. The van der Waals surface area contributed by atoms with E-state index in [1.807, 2.05) is 12.3 Å². The van der Waals surface area contributed by atoms with Crippen LogP contribution in [0.3, 0.4) is 0 Å². The number of aryl methyl sites for hydroxylation is 1. The van der Waals surface area contributed by atoms with Gasteiger partial charge in [-0.05, 0) is 13.3 Å². The summed E-state index contributed by atoms with van der Waals surface area (Å²) in [4.78, 5) is 26.6. The van der Waals surface area contributed by atoms with Crippen molar-refractivity contribution in [1.82, 2.24) is 19.9 Å². The van der Waals surface area contributed by atoms with Gasteiger partial charge in [0.05, 0.1) is 29.6 Å². The van der Waals surface area contributed by atoms with Crippen molar-refractivity contribution >= 4 is 23.1 Å². The molecular weight excluding hydrogens is 286 g/mol. The summed E-state index contributed by atoms with van der Waals surface area (Å²) in [6.07, 6.45) is 4.10. The molecule has 0 atom stereocenters. The van der Waals surface area contributed by atoms with E-state index in [9.17, 15) is 4.79 Å². The summed E-state index contributed by atoms with van der Waals surface area (Å²) in [6.45, 7) is 5.34. The lowest BCUT2D eigenvalue weighted by Gasteiger charge is -2.15. The van der Waals surface area contributed by atoms with E-state index < -0.39 is 0 Å². The minimum absolute atomic E-state index is 0.157. The minimum Gasteiger partial charge on any atom is -0.369 e. The molecule has 0 bridgehead atoms. The number of hydrogen-bond donors (Lipinski definition) is 1. The van der Waals surface area contributed by atoms with Crippen molar-refractivity contribution < 1.29 is 4.79 Å². The second-order valence-electron chi connectivity index (χ2n) is 4.73. The summed E-state index contributed by atoms with van der Waals surface area (Å²) in [6, 6.07) is 0. The van der Waals surface area contributed by atoms with E-state index in [0.29, 0.717) is 18.1 Å². The molecule has 2 heterocycles. The number of amides is 1. The van der Waals surface area contributed by atoms with Gasteiger partial charge in [0.2, 0.25) is 0 Å². The molecule has 0 aliphatic heterocycles. The molecule has 0 aliphatic carbocycles. The van der Waals surface area contributed by atoms with Gasteiger partial charge >= 0.3 is 0 Å². The quantitative estimate of drug-likeness (QED) is 0.887. The van der Waals surface area contributed by atoms with Gasteiger partial charge in [0.15, 0.2) is 0 Å². The largest absolute Gasteiger partial charge is 0.369 e. The Balaban J connectivity index is 1.98. The van der Waals surface area contributed by atoms with Gasteiger partial charge in [0.25, 0.3) is 5.91 Å². The SMILES string of the molecule is CCCNc1cnc(C(=O)N(C)Cc2csc(C)n2)cn1. The van der Waals surface area contributed by atoms with Gasteiger partial charge in [-0.3, -0.25) is 4.79 Å². The summed E-state index contributed by atoms with van der Waals surface area (Å²) in [5.41, 5.74) is 1.23. The van der Waals surface area contributed by atoms with Crippen LogP contribution >= 0.6 is 11.3 Å². The third-order valence-corrected chi connectivity index (χ3v) is 3.66. The second-order valence-corrected chi connectivity index (χ2v) is 5.79. The van der Waals surface area contributed by atoms with E-state index in [1.54, 1.807) is 29.5 Å². The van der Waals surface area contributed by atoms with Crippen LogP contribution in [-0.2, 0) is 6.54 Å². The highest BCUT2D eigenvalue weighted by Gasteiger charge is 2.15. The highest BCUT2D eigenvalue weighted by Crippen LogP contribution is 2.11. The lowest BCUT2D eigenvalue weighted by molar-refractivity contribution is 0.0777. The number of aromatic nitrogens is 3. The lowest BCUT2D eigenvalue weighted by atomic mass is 10.3. The molecule has 0 aliphatic rings. The molecule has 0 spiro atoms. The highest BCUT2D eigenvalue weighted by molar-refractivity contribution is 7.09. The Morgan fingerprint density at radius 1 is 1.38 bits per heavy atom. The molecule has 0 saturated heterocycles. The van der Waals surface area contributed by atoms with E-state index >= 15 is 0 Å². The summed E-state index contributed by atoms with van der Waals surface area (Å²) in [7, 11) is 1.74. The summed E-state index contributed by atoms with van der Waals surface area (Å²) in [5.74, 6) is 0.529. The molecule has 2 aromatic rings. The Morgan fingerprint density at radius 2 is 2.19 bits per heavy atom. The van der Waals surface area contributed by atoms with Crippen LogP contribution in [0, 0.1) is 6.92 Å². The molecule has 0 saturated carbocycles. The topological polar surface area (TPSA) is 71.0 Å². The molecule has 0 unspecified atom stereocenters. The van der Waals surface area contributed by atoms with Crippen LogP contribution in [0.25, 0.3) is 0 Å². The number of anilines is 1. The van der Waals surface area contributed by atoms with Crippen LogP contribution in [0.5, 0.6) is 0 Å². The van der Waals surface area contributed by atoms with Gasteiger partial charge in [-0.15, -0.1) is 11.3 Å². The Morgan fingerprint density at radius 3 is 2.76 bits per heavy atom. The van der Waals surface area contributed by atoms with Crippen LogP contribution in [0.2, 0.25) is 0 Å². The average Bonchev–Trinajstić information content (AvgIpc) is 2.90. The van der Waals surface area contributed by atoms with Gasteiger partial charge < -0.3 is 10.2 Å². The van der Waals surface area contributed by atoms with Crippen LogP contribution in [0.4, 0.5) is 5.82 Å². The fourth-order valence-electron chi connectivity index (χ4n) is 1.77. The van der Waals surface area contributed by atoms with Crippen LogP contribution in [0.15, 0.2) is 17.8 Å². The van der Waals surface area contributed by atoms with Crippen molar-refractivity contribution in [2.24, 2.45) is 0 Å². The number of thiazole rings is 1. The Labute approximate surface area is 128 Å². The maximum Gasteiger partial charge on any atom is 0.274 e. The van der Waals surface area contributed by atoms with Crippen molar-refractivity contribution in [3.63, 3.8) is 0 Å². The standard InChI is InChI=1S/C14H19N5OS/c1-4-5-15-13-7-16-12(6-17-13)14(20)19(3)8-11-9-21-10(2)18-11/h6-7,9H,4-5,8H2,1-3H3,(H,15,17). The van der Waals surface area contributed by atoms with Crippen LogP contribution < -0.4 is 5.32 Å². The first-order valence-electron chi connectivity index (χ1n) is 6.82. The summed E-state index contributed by atoms with van der Waals surface area (Å²) < 4.78 is 0. The van der Waals surface area contributed by atoms with Crippen LogP contribution in [-0.4, -0.2) is 39.4 Å². The molecule has 6 nitrogen and oxygen atoms in total. The third-order valence-electron chi connectivity index (χ3n) is 2.84. The van der Waals surface area contributed by atoms with E-state index in [2.05, 4.69) is 27.2 Å². The van der Waals surface area contributed by atoms with Crippen molar-refractivity contribution in [3.05, 3.63) is 34.2 Å². The van der Waals surface area contributed by atoms with Crippen LogP contribution in [0.1, 0.15) is 34.5 Å². The molecule has 0 aromatic carbocycles. The predicted octanol–water partition coefficient (Wildman–Crippen LogP) is 2.34. The fourth-order valence-corrected chi connectivity index (χ4v) is 2.38. The second kappa shape index (κ2) is 7.12. The zero-order valence-electron chi connectivity index (χ0n) is 12.5. The van der Waals surface area contributed by atoms with Crippen molar-refractivity contribution in [2.75, 3.05) is 18.9 Å². The van der Waals surface area contributed by atoms with E-state index in [4.69, 9.17) is 0 Å². The maximum atomic E-state index is 12.3. The maximum absolute atomic E-state index is 12.3. The fraction of sp³-hybridized carbons (Fsp3) is 0.429. The van der Waals surface area contributed by atoms with Crippen molar-refractivity contribution in [1.29, 1.82) is 0 Å². The molecule has 1 N–H and O–H groups in total. The Kier molecular flexibility index (Phi) is 5.21. The monoisotopic (exact) mass is 305 g/mol. The predicted molar refractivity (Wildman–Crippen MR) is 83.5 cm³/mol. The first-order chi connectivity index (χ1) is 10.1. The number of nitrogens with zero attached hydrogens (tertiary/aromatic N) is 4. The average molecular weight is 305 g/mol. The van der Waals surface area contributed by atoms with E-state index in [1.165, 1.54) is 6.20 Å². The summed E-state index contributed by atoms with van der Waals surface area (Å²) in [5, 5.41) is 6.08. The van der Waals surface area contributed by atoms with E-state index in [0.717, 1.165) is 23.7 Å². The molecule has 7 heteroatoms. The van der Waals surface area contributed by atoms with Crippen molar-refractivity contribution in [3.8, 4) is 0 Å². The number of hydrogen-bond acceptors (Lipinski definition) is 6. The molecular formula is C14H19N5OS. The molecule has 0 radical (unpaired) electrons. The third kappa shape index (κ3) is 4.22. The molecule has 21 heavy (non-hydrogen) atoms. The first kappa shape index (κ1) is 15.4. The summed E-state index contributed by atoms with van der Waals surface area (Å²) >= 11 is 1.58. The van der Waals surface area contributed by atoms with Gasteiger partial charge in [-0.1, -0.05) is 6.92 Å². The van der Waals surface area contributed by atoms with Gasteiger partial charge in [-0.2, -0.15) is 0 Å². The van der Waals surface area contributed by atoms with Gasteiger partial charge in [0, 0.05) is 19.0 Å². The van der Waals surface area contributed by atoms with Gasteiger partial charge in [0.1, 0.15) is 11.5 Å². The number of carbonyl (C=O) groups excluding carboxylic acids is 1. The van der Waals surface area contributed by atoms with Gasteiger partial charge in [-0.25, -0.2) is 15.0 Å². The molecule has 2 aromatic heterocycles. The zero-order valence-corrected chi connectivity index (χ0v) is 13.3. The first-order valence-corrected chi connectivity index (χ1v) is 7.70. The minimum atomic E-state index is -0.157. The lowest BCUT2D eigenvalue weighted by Crippen LogP contribution is -2.27. The molecule has 112 valence electrons. The number of rotatable bonds is 6. The van der Waals surface area contributed by atoms with Crippen molar-refractivity contribution in [2.45, 2.75) is 26.8 Å². The molecule has 2 rings (SSSR count). The Hall–Kier alpha value is -2.02. The number of carbonyl (C=O) groups is 1. The molecule has 0 fully saturated rings. The highest BCUT2D eigenvalue weighted by atomic mass is 32.1. The normalized spacial score (nSPS) is 10.4. The Bertz CT molecular complexity index is 596. The molecule has 1 amide bonds. The number of nitrogens with one attached hydrogen (secondary N) is 1. The zero-order chi connectivity index (χ0) is 15.2. The van der Waals surface area contributed by atoms with E-state index in [-0.39, 0.29) is 5.91 Å².